The highest BCUT2D eigenvalue weighted by Gasteiger charge is 2.07. The van der Waals surface area contributed by atoms with E-state index in [-0.39, 0.29) is 0 Å². The molecule has 0 bridgehead atoms. The second-order valence-electron chi connectivity index (χ2n) is 4.77. The summed E-state index contributed by atoms with van der Waals surface area (Å²) in [6, 6.07) is 17.2. The first kappa shape index (κ1) is 13.4. The SMILES string of the molecule is Cc1ccc(Cl)cc1Nc1cc(C#N)c2ccccc2n1. The van der Waals surface area contributed by atoms with Crippen LogP contribution in [0, 0.1) is 18.3 Å². The highest BCUT2D eigenvalue weighted by atomic mass is 35.5. The van der Waals surface area contributed by atoms with E-state index in [1.54, 1.807) is 6.07 Å². The molecule has 0 amide bonds. The number of para-hydroxylation sites is 1. The van der Waals surface area contributed by atoms with Gasteiger partial charge >= 0.3 is 0 Å². The number of nitrogens with one attached hydrogen (secondary N) is 1. The highest BCUT2D eigenvalue weighted by Crippen LogP contribution is 2.26. The van der Waals surface area contributed by atoms with Gasteiger partial charge < -0.3 is 5.32 Å². The minimum absolute atomic E-state index is 0.600. The van der Waals surface area contributed by atoms with Gasteiger partial charge in [0.05, 0.1) is 17.1 Å². The molecule has 0 saturated carbocycles. The van der Waals surface area contributed by atoms with Crippen molar-refractivity contribution in [3.05, 3.63) is 64.7 Å². The van der Waals surface area contributed by atoms with E-state index in [4.69, 9.17) is 11.6 Å². The molecule has 0 aliphatic rings. The minimum Gasteiger partial charge on any atom is -0.340 e. The molecule has 0 aliphatic heterocycles. The monoisotopic (exact) mass is 293 g/mol. The van der Waals surface area contributed by atoms with Crippen LogP contribution < -0.4 is 5.32 Å². The molecule has 0 saturated heterocycles. The normalized spacial score (nSPS) is 10.3. The summed E-state index contributed by atoms with van der Waals surface area (Å²) in [6.45, 7) is 1.99. The van der Waals surface area contributed by atoms with Gasteiger partial charge in [-0.1, -0.05) is 35.9 Å². The third-order valence-electron chi connectivity index (χ3n) is 3.30. The Morgan fingerprint density at radius 3 is 2.76 bits per heavy atom. The number of hydrogen-bond acceptors (Lipinski definition) is 3. The fourth-order valence-electron chi connectivity index (χ4n) is 2.20. The lowest BCUT2D eigenvalue weighted by molar-refractivity contribution is 1.34. The second kappa shape index (κ2) is 5.43. The average molecular weight is 294 g/mol. The lowest BCUT2D eigenvalue weighted by Gasteiger charge is -2.11. The smallest absolute Gasteiger partial charge is 0.132 e. The molecule has 0 fully saturated rings. The van der Waals surface area contributed by atoms with E-state index < -0.39 is 0 Å². The molecule has 1 heterocycles. The van der Waals surface area contributed by atoms with E-state index in [0.717, 1.165) is 22.2 Å². The molecule has 0 unspecified atom stereocenters. The Bertz CT molecular complexity index is 866. The Morgan fingerprint density at radius 2 is 1.95 bits per heavy atom. The zero-order chi connectivity index (χ0) is 14.8. The topological polar surface area (TPSA) is 48.7 Å². The molecule has 0 spiro atoms. The Balaban J connectivity index is 2.09. The van der Waals surface area contributed by atoms with Crippen molar-refractivity contribution in [3.8, 4) is 6.07 Å². The Hall–Kier alpha value is -2.57. The number of halogens is 1. The summed E-state index contributed by atoms with van der Waals surface area (Å²) < 4.78 is 0. The third-order valence-corrected chi connectivity index (χ3v) is 3.53. The Morgan fingerprint density at radius 1 is 1.14 bits per heavy atom. The van der Waals surface area contributed by atoms with E-state index in [2.05, 4.69) is 16.4 Å². The number of nitrogens with zero attached hydrogens (tertiary/aromatic N) is 2. The summed E-state index contributed by atoms with van der Waals surface area (Å²) in [4.78, 5) is 4.54. The van der Waals surface area contributed by atoms with Crippen molar-refractivity contribution in [2.45, 2.75) is 6.92 Å². The molecule has 3 nitrogen and oxygen atoms in total. The maximum absolute atomic E-state index is 9.30. The average Bonchev–Trinajstić information content (AvgIpc) is 2.50. The lowest BCUT2D eigenvalue weighted by atomic mass is 10.1. The summed E-state index contributed by atoms with van der Waals surface area (Å²) in [5, 5.41) is 14.0. The first-order valence-corrected chi connectivity index (χ1v) is 6.88. The van der Waals surface area contributed by atoms with Crippen molar-refractivity contribution in [1.82, 2.24) is 4.98 Å². The number of rotatable bonds is 2. The summed E-state index contributed by atoms with van der Waals surface area (Å²) >= 11 is 6.02. The van der Waals surface area contributed by atoms with Crippen LogP contribution in [0.25, 0.3) is 10.9 Å². The van der Waals surface area contributed by atoms with Crippen molar-refractivity contribution in [1.29, 1.82) is 5.26 Å². The molecule has 4 heteroatoms. The molecule has 0 radical (unpaired) electrons. The van der Waals surface area contributed by atoms with Crippen LogP contribution >= 0.6 is 11.6 Å². The van der Waals surface area contributed by atoms with Gasteiger partial charge in [-0.15, -0.1) is 0 Å². The zero-order valence-corrected chi connectivity index (χ0v) is 12.1. The number of aryl methyl sites for hydroxylation is 1. The molecule has 1 aromatic heterocycles. The third kappa shape index (κ3) is 2.67. The van der Waals surface area contributed by atoms with Gasteiger partial charge in [0.1, 0.15) is 5.82 Å². The standard InChI is InChI=1S/C17H12ClN3/c1-11-6-7-13(18)9-16(11)21-17-8-12(10-19)14-4-2-3-5-15(14)20-17/h2-9H,1H3,(H,20,21). The second-order valence-corrected chi connectivity index (χ2v) is 5.20. The summed E-state index contributed by atoms with van der Waals surface area (Å²) in [7, 11) is 0. The fraction of sp³-hybridized carbons (Fsp3) is 0.0588. The predicted molar refractivity (Wildman–Crippen MR) is 85.9 cm³/mol. The van der Waals surface area contributed by atoms with Crippen molar-refractivity contribution < 1.29 is 0 Å². The molecule has 0 atom stereocenters. The van der Waals surface area contributed by atoms with Crippen LogP contribution in [0.1, 0.15) is 11.1 Å². The van der Waals surface area contributed by atoms with Crippen molar-refractivity contribution in [3.63, 3.8) is 0 Å². The maximum Gasteiger partial charge on any atom is 0.132 e. The number of nitriles is 1. The van der Waals surface area contributed by atoms with E-state index >= 15 is 0 Å². The van der Waals surface area contributed by atoms with Gasteiger partial charge in [0.15, 0.2) is 0 Å². The maximum atomic E-state index is 9.30. The molecule has 3 rings (SSSR count). The summed E-state index contributed by atoms with van der Waals surface area (Å²) in [6.07, 6.45) is 0. The van der Waals surface area contributed by atoms with Gasteiger partial charge in [-0.25, -0.2) is 4.98 Å². The lowest BCUT2D eigenvalue weighted by Crippen LogP contribution is -1.97. The van der Waals surface area contributed by atoms with Gasteiger partial charge in [-0.2, -0.15) is 5.26 Å². The molecular weight excluding hydrogens is 282 g/mol. The number of benzene rings is 2. The van der Waals surface area contributed by atoms with Crippen LogP contribution in [0.4, 0.5) is 11.5 Å². The van der Waals surface area contributed by atoms with Crippen LogP contribution in [0.5, 0.6) is 0 Å². The number of hydrogen-bond donors (Lipinski definition) is 1. The van der Waals surface area contributed by atoms with E-state index in [0.29, 0.717) is 16.4 Å². The van der Waals surface area contributed by atoms with Crippen LogP contribution in [-0.4, -0.2) is 4.98 Å². The van der Waals surface area contributed by atoms with E-state index in [9.17, 15) is 5.26 Å². The van der Waals surface area contributed by atoms with Crippen LogP contribution in [0.3, 0.4) is 0 Å². The number of aromatic nitrogens is 1. The first-order valence-electron chi connectivity index (χ1n) is 6.50. The Kier molecular flexibility index (Phi) is 3.47. The summed E-state index contributed by atoms with van der Waals surface area (Å²) in [5.74, 6) is 0.635. The van der Waals surface area contributed by atoms with Gasteiger partial charge in [0.2, 0.25) is 0 Å². The van der Waals surface area contributed by atoms with Crippen LogP contribution in [-0.2, 0) is 0 Å². The summed E-state index contributed by atoms with van der Waals surface area (Å²) in [5.41, 5.74) is 3.34. The molecule has 0 aliphatic carbocycles. The number of fused-ring (bicyclic) bond motifs is 1. The highest BCUT2D eigenvalue weighted by molar-refractivity contribution is 6.30. The van der Waals surface area contributed by atoms with Crippen LogP contribution in [0.15, 0.2) is 48.5 Å². The van der Waals surface area contributed by atoms with Crippen molar-refractivity contribution in [2.24, 2.45) is 0 Å². The minimum atomic E-state index is 0.600. The molecule has 102 valence electrons. The first-order chi connectivity index (χ1) is 10.2. The van der Waals surface area contributed by atoms with Crippen molar-refractivity contribution >= 4 is 34.0 Å². The van der Waals surface area contributed by atoms with Gasteiger partial charge in [-0.05, 0) is 36.8 Å². The fourth-order valence-corrected chi connectivity index (χ4v) is 2.37. The number of anilines is 2. The van der Waals surface area contributed by atoms with E-state index in [1.807, 2.05) is 49.4 Å². The van der Waals surface area contributed by atoms with Gasteiger partial charge in [0.25, 0.3) is 0 Å². The molecular formula is C17H12ClN3. The molecule has 3 aromatic rings. The molecule has 21 heavy (non-hydrogen) atoms. The van der Waals surface area contributed by atoms with E-state index in [1.165, 1.54) is 0 Å². The van der Waals surface area contributed by atoms with Gasteiger partial charge in [0, 0.05) is 16.1 Å². The Labute approximate surface area is 127 Å². The van der Waals surface area contributed by atoms with Crippen molar-refractivity contribution in [2.75, 3.05) is 5.32 Å². The number of pyridine rings is 1. The zero-order valence-electron chi connectivity index (χ0n) is 11.4. The molecule has 2 aromatic carbocycles. The van der Waals surface area contributed by atoms with Gasteiger partial charge in [-0.3, -0.25) is 0 Å². The quantitative estimate of drug-likeness (QED) is 0.737. The van der Waals surface area contributed by atoms with Crippen LogP contribution in [0.2, 0.25) is 5.02 Å². The molecule has 1 N–H and O–H groups in total. The largest absolute Gasteiger partial charge is 0.340 e. The predicted octanol–water partition coefficient (Wildman–Crippen LogP) is 4.81.